The summed E-state index contributed by atoms with van der Waals surface area (Å²) in [7, 11) is 3.53. The van der Waals surface area contributed by atoms with Crippen LogP contribution in [0.5, 0.6) is 5.75 Å². The van der Waals surface area contributed by atoms with Crippen LogP contribution in [0.25, 0.3) is 22.3 Å². The largest absolute Gasteiger partial charge is 0.497 e. The van der Waals surface area contributed by atoms with E-state index in [1.165, 1.54) is 12.8 Å². The number of piperazine rings is 1. The molecule has 2 aromatic heterocycles. The predicted molar refractivity (Wildman–Crippen MR) is 116 cm³/mol. The summed E-state index contributed by atoms with van der Waals surface area (Å²) in [6.45, 7) is 5.65. The molecule has 7 heteroatoms. The molecule has 5 rings (SSSR count). The van der Waals surface area contributed by atoms with E-state index in [1.807, 2.05) is 49.2 Å². The number of methoxy groups -OCH3 is 1. The first-order valence-electron chi connectivity index (χ1n) is 10.6. The maximum absolute atomic E-state index is 13.7. The number of hydrogen-bond acceptors (Lipinski definition) is 5. The van der Waals surface area contributed by atoms with Gasteiger partial charge in [-0.1, -0.05) is 0 Å². The summed E-state index contributed by atoms with van der Waals surface area (Å²) in [5.74, 6) is 0.877. The normalized spacial score (nSPS) is 19.3. The third-order valence-electron chi connectivity index (χ3n) is 6.46. The Morgan fingerprint density at radius 2 is 1.97 bits per heavy atom. The van der Waals surface area contributed by atoms with E-state index in [1.54, 1.807) is 11.8 Å². The van der Waals surface area contributed by atoms with Gasteiger partial charge in [0, 0.05) is 38.3 Å². The van der Waals surface area contributed by atoms with Crippen molar-refractivity contribution in [2.45, 2.75) is 25.8 Å². The monoisotopic (exact) mass is 405 g/mol. The second-order valence-corrected chi connectivity index (χ2v) is 8.27. The molecule has 2 saturated heterocycles. The van der Waals surface area contributed by atoms with E-state index >= 15 is 0 Å². The van der Waals surface area contributed by atoms with Crippen molar-refractivity contribution in [3.8, 4) is 17.0 Å². The summed E-state index contributed by atoms with van der Waals surface area (Å²) in [6, 6.07) is 10.2. The van der Waals surface area contributed by atoms with E-state index in [0.717, 1.165) is 59.9 Å². The molecule has 1 aromatic carbocycles. The molecule has 3 aromatic rings. The summed E-state index contributed by atoms with van der Waals surface area (Å²) in [5, 5.41) is 5.40. The van der Waals surface area contributed by atoms with Crippen molar-refractivity contribution in [1.82, 2.24) is 24.6 Å². The van der Waals surface area contributed by atoms with Crippen LogP contribution in [0.4, 0.5) is 0 Å². The minimum Gasteiger partial charge on any atom is -0.497 e. The van der Waals surface area contributed by atoms with Gasteiger partial charge >= 0.3 is 0 Å². The third kappa shape index (κ3) is 3.13. The number of amides is 1. The number of nitrogens with zero attached hydrogens (tertiary/aromatic N) is 5. The van der Waals surface area contributed by atoms with Crippen LogP contribution in [-0.2, 0) is 7.05 Å². The van der Waals surface area contributed by atoms with Crippen LogP contribution in [0.1, 0.15) is 28.9 Å². The zero-order valence-electron chi connectivity index (χ0n) is 17.8. The van der Waals surface area contributed by atoms with Crippen molar-refractivity contribution in [3.05, 3.63) is 41.6 Å². The Balaban J connectivity index is 1.58. The van der Waals surface area contributed by atoms with Gasteiger partial charge in [-0.15, -0.1) is 0 Å². The van der Waals surface area contributed by atoms with Crippen LogP contribution in [0.15, 0.2) is 30.3 Å². The molecule has 2 aliphatic rings. The average Bonchev–Trinajstić information content (AvgIpc) is 3.36. The highest BCUT2D eigenvalue weighted by molar-refractivity contribution is 6.07. The Bertz CT molecular complexity index is 1100. The molecule has 2 aliphatic heterocycles. The lowest BCUT2D eigenvalue weighted by molar-refractivity contribution is 0.0573. The SMILES string of the molecule is COc1ccc(-c2cc(C(=O)N3CCN4CCCC4C3)c3c(C)nn(C)c3n2)cc1. The smallest absolute Gasteiger partial charge is 0.254 e. The highest BCUT2D eigenvalue weighted by atomic mass is 16.5. The number of hydrogen-bond donors (Lipinski definition) is 0. The van der Waals surface area contributed by atoms with E-state index in [4.69, 9.17) is 9.72 Å². The number of benzene rings is 1. The van der Waals surface area contributed by atoms with Crippen LogP contribution in [0.2, 0.25) is 0 Å². The van der Waals surface area contributed by atoms with Gasteiger partial charge in [0.25, 0.3) is 5.91 Å². The van der Waals surface area contributed by atoms with Crippen LogP contribution in [0, 0.1) is 6.92 Å². The number of fused-ring (bicyclic) bond motifs is 2. The van der Waals surface area contributed by atoms with Crippen molar-refractivity contribution < 1.29 is 9.53 Å². The molecule has 0 spiro atoms. The van der Waals surface area contributed by atoms with Crippen LogP contribution in [0.3, 0.4) is 0 Å². The second kappa shape index (κ2) is 7.40. The van der Waals surface area contributed by atoms with Crippen molar-refractivity contribution in [2.24, 2.45) is 7.05 Å². The topological polar surface area (TPSA) is 63.5 Å². The highest BCUT2D eigenvalue weighted by Crippen LogP contribution is 2.30. The molecule has 0 bridgehead atoms. The molecule has 1 atom stereocenters. The predicted octanol–water partition coefficient (Wildman–Crippen LogP) is 2.87. The summed E-state index contributed by atoms with van der Waals surface area (Å²) in [5.41, 5.74) is 4.00. The maximum Gasteiger partial charge on any atom is 0.254 e. The number of carbonyl (C=O) groups is 1. The minimum absolute atomic E-state index is 0.0832. The number of ether oxygens (including phenoxy) is 1. The van der Waals surface area contributed by atoms with E-state index in [2.05, 4.69) is 10.00 Å². The van der Waals surface area contributed by atoms with E-state index in [-0.39, 0.29) is 5.91 Å². The average molecular weight is 406 g/mol. The number of carbonyl (C=O) groups excluding carboxylic acids is 1. The summed E-state index contributed by atoms with van der Waals surface area (Å²) in [6.07, 6.45) is 2.41. The zero-order valence-corrected chi connectivity index (χ0v) is 17.8. The highest BCUT2D eigenvalue weighted by Gasteiger charge is 2.33. The quantitative estimate of drug-likeness (QED) is 0.671. The van der Waals surface area contributed by atoms with Gasteiger partial charge in [0.2, 0.25) is 0 Å². The van der Waals surface area contributed by atoms with Gasteiger partial charge in [-0.3, -0.25) is 14.4 Å². The van der Waals surface area contributed by atoms with E-state index in [0.29, 0.717) is 11.6 Å². The molecule has 156 valence electrons. The molecule has 0 radical (unpaired) electrons. The number of aryl methyl sites for hydroxylation is 2. The lowest BCUT2D eigenvalue weighted by Gasteiger charge is -2.37. The minimum atomic E-state index is 0.0832. The fourth-order valence-corrected chi connectivity index (χ4v) is 4.87. The molecule has 30 heavy (non-hydrogen) atoms. The zero-order chi connectivity index (χ0) is 20.8. The molecule has 4 heterocycles. The first-order chi connectivity index (χ1) is 14.5. The van der Waals surface area contributed by atoms with Gasteiger partial charge in [-0.2, -0.15) is 5.10 Å². The van der Waals surface area contributed by atoms with Crippen molar-refractivity contribution in [1.29, 1.82) is 0 Å². The third-order valence-corrected chi connectivity index (χ3v) is 6.46. The first-order valence-corrected chi connectivity index (χ1v) is 10.6. The Morgan fingerprint density at radius 3 is 2.73 bits per heavy atom. The second-order valence-electron chi connectivity index (χ2n) is 8.27. The number of aromatic nitrogens is 3. The summed E-state index contributed by atoms with van der Waals surface area (Å²) in [4.78, 5) is 23.1. The Hall–Kier alpha value is -2.93. The molecule has 7 nitrogen and oxygen atoms in total. The van der Waals surface area contributed by atoms with Crippen molar-refractivity contribution >= 4 is 16.9 Å². The number of rotatable bonds is 3. The maximum atomic E-state index is 13.7. The molecule has 0 saturated carbocycles. The van der Waals surface area contributed by atoms with Gasteiger partial charge in [0.05, 0.1) is 29.4 Å². The van der Waals surface area contributed by atoms with Gasteiger partial charge < -0.3 is 9.64 Å². The van der Waals surface area contributed by atoms with Crippen molar-refractivity contribution in [3.63, 3.8) is 0 Å². The molecular weight excluding hydrogens is 378 g/mol. The lowest BCUT2D eigenvalue weighted by atomic mass is 10.0. The van der Waals surface area contributed by atoms with Crippen LogP contribution >= 0.6 is 0 Å². The molecule has 0 aliphatic carbocycles. The summed E-state index contributed by atoms with van der Waals surface area (Å²) < 4.78 is 7.04. The number of pyridine rings is 1. The molecular formula is C23H27N5O2. The Kier molecular flexibility index (Phi) is 4.70. The summed E-state index contributed by atoms with van der Waals surface area (Å²) >= 11 is 0. The van der Waals surface area contributed by atoms with E-state index < -0.39 is 0 Å². The van der Waals surface area contributed by atoms with Gasteiger partial charge in [0.15, 0.2) is 5.65 Å². The molecule has 1 amide bonds. The fraction of sp³-hybridized carbons (Fsp3) is 0.435. The van der Waals surface area contributed by atoms with Gasteiger partial charge in [0.1, 0.15) is 5.75 Å². The van der Waals surface area contributed by atoms with Crippen LogP contribution in [-0.4, -0.2) is 69.8 Å². The standard InChI is InChI=1S/C23H27N5O2/c1-15-21-19(23(29)28-12-11-27-10-4-5-17(27)14-28)13-20(24-22(21)26(2)25-15)16-6-8-18(30-3)9-7-16/h6-9,13,17H,4-5,10-12,14H2,1-3H3. The molecule has 0 N–H and O–H groups in total. The molecule has 1 unspecified atom stereocenters. The van der Waals surface area contributed by atoms with Crippen LogP contribution < -0.4 is 4.74 Å². The van der Waals surface area contributed by atoms with E-state index in [9.17, 15) is 4.79 Å². The van der Waals surface area contributed by atoms with Gasteiger partial charge in [-0.25, -0.2) is 4.98 Å². The molecule has 2 fully saturated rings. The fourth-order valence-electron chi connectivity index (χ4n) is 4.87. The Labute approximate surface area is 176 Å². The van der Waals surface area contributed by atoms with Crippen molar-refractivity contribution in [2.75, 3.05) is 33.3 Å². The first kappa shape index (κ1) is 19.1. The van der Waals surface area contributed by atoms with Gasteiger partial charge in [-0.05, 0) is 56.6 Å². The Morgan fingerprint density at radius 1 is 1.17 bits per heavy atom. The lowest BCUT2D eigenvalue weighted by Crippen LogP contribution is -2.52.